The molecule has 0 bridgehead atoms. The summed E-state index contributed by atoms with van der Waals surface area (Å²) in [7, 11) is 0. The van der Waals surface area contributed by atoms with Crippen LogP contribution in [-0.4, -0.2) is 36.5 Å². The van der Waals surface area contributed by atoms with Gasteiger partial charge in [-0.2, -0.15) is 0 Å². The lowest BCUT2D eigenvalue weighted by Gasteiger charge is -2.24. The quantitative estimate of drug-likeness (QED) is 0.649. The number of amides is 1. The zero-order valence-corrected chi connectivity index (χ0v) is 7.91. The summed E-state index contributed by atoms with van der Waals surface area (Å²) in [6.07, 6.45) is 1.50. The average molecular weight is 185 g/mol. The number of hydrogen-bond acceptors (Lipinski definition) is 3. The second-order valence-corrected chi connectivity index (χ2v) is 3.14. The second kappa shape index (κ2) is 4.84. The number of carbonyl (C=O) groups is 2. The summed E-state index contributed by atoms with van der Waals surface area (Å²) in [6.45, 7) is 3.44. The molecule has 0 atom stereocenters. The van der Waals surface area contributed by atoms with Gasteiger partial charge in [0.15, 0.2) is 0 Å². The van der Waals surface area contributed by atoms with Crippen molar-refractivity contribution in [2.45, 2.75) is 26.2 Å². The maximum absolute atomic E-state index is 11.3. The third-order valence-corrected chi connectivity index (χ3v) is 2.01. The van der Waals surface area contributed by atoms with Gasteiger partial charge in [0.1, 0.15) is 5.78 Å². The Morgan fingerprint density at radius 2 is 2.08 bits per heavy atom. The minimum Gasteiger partial charge on any atom is -0.449 e. The largest absolute Gasteiger partial charge is 0.449 e. The molecule has 1 saturated heterocycles. The van der Waals surface area contributed by atoms with Gasteiger partial charge in [-0.1, -0.05) is 6.92 Å². The van der Waals surface area contributed by atoms with E-state index in [1.165, 1.54) is 0 Å². The Morgan fingerprint density at radius 3 is 2.62 bits per heavy atom. The molecular weight excluding hydrogens is 170 g/mol. The van der Waals surface area contributed by atoms with Gasteiger partial charge < -0.3 is 9.64 Å². The van der Waals surface area contributed by atoms with Gasteiger partial charge in [-0.25, -0.2) is 4.79 Å². The van der Waals surface area contributed by atoms with Crippen molar-refractivity contribution in [3.8, 4) is 0 Å². The highest BCUT2D eigenvalue weighted by molar-refractivity contribution is 5.81. The summed E-state index contributed by atoms with van der Waals surface area (Å²) >= 11 is 0. The van der Waals surface area contributed by atoms with E-state index < -0.39 is 0 Å². The van der Waals surface area contributed by atoms with Gasteiger partial charge >= 0.3 is 6.09 Å². The van der Waals surface area contributed by atoms with E-state index in [0.717, 1.165) is 6.42 Å². The third-order valence-electron chi connectivity index (χ3n) is 2.01. The fourth-order valence-electron chi connectivity index (χ4n) is 1.22. The number of ketones is 1. The Morgan fingerprint density at radius 1 is 1.46 bits per heavy atom. The number of piperidine rings is 1. The normalized spacial score (nSPS) is 17.3. The van der Waals surface area contributed by atoms with Crippen LogP contribution < -0.4 is 0 Å². The molecule has 4 nitrogen and oxygen atoms in total. The summed E-state index contributed by atoms with van der Waals surface area (Å²) < 4.78 is 4.94. The van der Waals surface area contributed by atoms with Crippen molar-refractivity contribution >= 4 is 11.9 Å². The second-order valence-electron chi connectivity index (χ2n) is 3.14. The first-order valence-electron chi connectivity index (χ1n) is 4.67. The van der Waals surface area contributed by atoms with Crippen molar-refractivity contribution < 1.29 is 14.3 Å². The zero-order chi connectivity index (χ0) is 9.68. The van der Waals surface area contributed by atoms with Crippen LogP contribution in [0.4, 0.5) is 4.79 Å². The molecule has 1 rings (SSSR count). The molecule has 13 heavy (non-hydrogen) atoms. The maximum Gasteiger partial charge on any atom is 0.409 e. The molecule has 0 spiro atoms. The molecular formula is C9H15NO3. The Hall–Kier alpha value is -1.06. The summed E-state index contributed by atoms with van der Waals surface area (Å²) in [6, 6.07) is 0. The monoisotopic (exact) mass is 185 g/mol. The van der Waals surface area contributed by atoms with E-state index >= 15 is 0 Å². The highest BCUT2D eigenvalue weighted by atomic mass is 16.6. The van der Waals surface area contributed by atoms with Gasteiger partial charge in [0.25, 0.3) is 0 Å². The van der Waals surface area contributed by atoms with Gasteiger partial charge in [-0.15, -0.1) is 0 Å². The van der Waals surface area contributed by atoms with Gasteiger partial charge in [-0.05, 0) is 6.42 Å². The smallest absolute Gasteiger partial charge is 0.409 e. The first-order valence-corrected chi connectivity index (χ1v) is 4.67. The van der Waals surface area contributed by atoms with Crippen molar-refractivity contribution in [1.82, 2.24) is 4.90 Å². The van der Waals surface area contributed by atoms with Crippen LogP contribution in [0, 0.1) is 0 Å². The summed E-state index contributed by atoms with van der Waals surface area (Å²) in [4.78, 5) is 23.7. The number of rotatable bonds is 2. The molecule has 0 aromatic heterocycles. The third kappa shape index (κ3) is 3.05. The van der Waals surface area contributed by atoms with Crippen LogP contribution in [0.2, 0.25) is 0 Å². The van der Waals surface area contributed by atoms with Gasteiger partial charge in [-0.3, -0.25) is 4.79 Å². The topological polar surface area (TPSA) is 46.6 Å². The molecule has 4 heteroatoms. The fraction of sp³-hybridized carbons (Fsp3) is 0.778. The average Bonchev–Trinajstić information content (AvgIpc) is 2.15. The van der Waals surface area contributed by atoms with Crippen molar-refractivity contribution in [3.63, 3.8) is 0 Å². The molecule has 1 aliphatic rings. The van der Waals surface area contributed by atoms with E-state index in [9.17, 15) is 9.59 Å². The summed E-state index contributed by atoms with van der Waals surface area (Å²) in [5.41, 5.74) is 0. The molecule has 0 aromatic rings. The van der Waals surface area contributed by atoms with Crippen molar-refractivity contribution in [2.24, 2.45) is 0 Å². The van der Waals surface area contributed by atoms with Crippen LogP contribution in [0.5, 0.6) is 0 Å². The Bertz CT molecular complexity index is 193. The van der Waals surface area contributed by atoms with Crippen LogP contribution >= 0.6 is 0 Å². The van der Waals surface area contributed by atoms with E-state index in [1.54, 1.807) is 4.90 Å². The van der Waals surface area contributed by atoms with E-state index in [4.69, 9.17) is 4.74 Å². The molecule has 0 N–H and O–H groups in total. The predicted octanol–water partition coefficient (Wildman–Crippen LogP) is 1.20. The lowest BCUT2D eigenvalue weighted by atomic mass is 10.1. The highest BCUT2D eigenvalue weighted by Crippen LogP contribution is 2.07. The molecule has 0 radical (unpaired) electrons. The van der Waals surface area contributed by atoms with Gasteiger partial charge in [0.05, 0.1) is 6.61 Å². The van der Waals surface area contributed by atoms with Crippen LogP contribution in [0.1, 0.15) is 26.2 Å². The Labute approximate surface area is 77.8 Å². The molecule has 1 fully saturated rings. The summed E-state index contributed by atoms with van der Waals surface area (Å²) in [5.74, 6) is 0.236. The number of carbonyl (C=O) groups excluding carboxylic acids is 2. The Balaban J connectivity index is 2.27. The van der Waals surface area contributed by atoms with E-state index in [1.807, 2.05) is 6.92 Å². The minimum atomic E-state index is -0.283. The molecule has 0 aliphatic carbocycles. The molecule has 74 valence electrons. The van der Waals surface area contributed by atoms with Crippen LogP contribution in [0.15, 0.2) is 0 Å². The van der Waals surface area contributed by atoms with Crippen molar-refractivity contribution in [3.05, 3.63) is 0 Å². The molecule has 0 saturated carbocycles. The minimum absolute atomic E-state index is 0.236. The number of Topliss-reactive ketones (excluding diaryl/α,β-unsaturated/α-hetero) is 1. The maximum atomic E-state index is 11.3. The molecule has 1 aliphatic heterocycles. The zero-order valence-electron chi connectivity index (χ0n) is 7.91. The van der Waals surface area contributed by atoms with Gasteiger partial charge in [0, 0.05) is 25.9 Å². The number of nitrogens with zero attached hydrogens (tertiary/aromatic N) is 1. The summed E-state index contributed by atoms with van der Waals surface area (Å²) in [5, 5.41) is 0. The van der Waals surface area contributed by atoms with E-state index in [0.29, 0.717) is 32.5 Å². The molecule has 0 aromatic carbocycles. The standard InChI is InChI=1S/C9H15NO3/c1-2-7-13-9(12)10-5-3-8(11)4-6-10/h2-7H2,1H3. The number of likely N-dealkylation sites (tertiary alicyclic amines) is 1. The van der Waals surface area contributed by atoms with Crippen molar-refractivity contribution in [2.75, 3.05) is 19.7 Å². The molecule has 1 amide bonds. The first kappa shape index (κ1) is 10.0. The first-order chi connectivity index (χ1) is 6.24. The van der Waals surface area contributed by atoms with Crippen LogP contribution in [0.25, 0.3) is 0 Å². The van der Waals surface area contributed by atoms with E-state index in [-0.39, 0.29) is 11.9 Å². The SMILES string of the molecule is CCCOC(=O)N1CCC(=O)CC1. The molecule has 1 heterocycles. The number of hydrogen-bond donors (Lipinski definition) is 0. The van der Waals surface area contributed by atoms with Crippen molar-refractivity contribution in [1.29, 1.82) is 0 Å². The van der Waals surface area contributed by atoms with Crippen LogP contribution in [-0.2, 0) is 9.53 Å². The lowest BCUT2D eigenvalue weighted by molar-refractivity contribution is -0.121. The lowest BCUT2D eigenvalue weighted by Crippen LogP contribution is -2.39. The molecule has 0 unspecified atom stereocenters. The van der Waals surface area contributed by atoms with Crippen LogP contribution in [0.3, 0.4) is 0 Å². The highest BCUT2D eigenvalue weighted by Gasteiger charge is 2.21. The predicted molar refractivity (Wildman–Crippen MR) is 47.5 cm³/mol. The van der Waals surface area contributed by atoms with Gasteiger partial charge in [0.2, 0.25) is 0 Å². The van der Waals surface area contributed by atoms with E-state index in [2.05, 4.69) is 0 Å². The number of ether oxygens (including phenoxy) is 1. The fourth-order valence-corrected chi connectivity index (χ4v) is 1.22. The Kier molecular flexibility index (Phi) is 3.73.